The van der Waals surface area contributed by atoms with Crippen molar-refractivity contribution in [1.29, 1.82) is 0 Å². The third-order valence-corrected chi connectivity index (χ3v) is 2.03. The molecule has 1 heterocycles. The zero-order chi connectivity index (χ0) is 13.5. The SMILES string of the molecule is CC(C)NC(=O)CNC(=O)c1ccnc(NN)c1. The lowest BCUT2D eigenvalue weighted by atomic mass is 10.2. The highest BCUT2D eigenvalue weighted by Crippen LogP contribution is 2.04. The van der Waals surface area contributed by atoms with Gasteiger partial charge < -0.3 is 16.1 Å². The van der Waals surface area contributed by atoms with Gasteiger partial charge in [-0.25, -0.2) is 10.8 Å². The van der Waals surface area contributed by atoms with Crippen LogP contribution in [0.5, 0.6) is 0 Å². The molecule has 0 unspecified atom stereocenters. The highest BCUT2D eigenvalue weighted by molar-refractivity contribution is 5.96. The lowest BCUT2D eigenvalue weighted by Gasteiger charge is -2.09. The molecule has 1 rings (SSSR count). The van der Waals surface area contributed by atoms with Crippen LogP contribution < -0.4 is 21.9 Å². The first-order chi connectivity index (χ1) is 8.52. The maximum atomic E-state index is 11.7. The lowest BCUT2D eigenvalue weighted by molar-refractivity contribution is -0.120. The Morgan fingerprint density at radius 1 is 1.44 bits per heavy atom. The first kappa shape index (κ1) is 13.9. The molecule has 0 atom stereocenters. The minimum Gasteiger partial charge on any atom is -0.352 e. The van der Waals surface area contributed by atoms with Crippen LogP contribution in [0.3, 0.4) is 0 Å². The summed E-state index contributed by atoms with van der Waals surface area (Å²) in [6.07, 6.45) is 1.46. The number of amides is 2. The zero-order valence-electron chi connectivity index (χ0n) is 10.4. The van der Waals surface area contributed by atoms with Crippen molar-refractivity contribution in [2.45, 2.75) is 19.9 Å². The van der Waals surface area contributed by atoms with E-state index in [-0.39, 0.29) is 24.4 Å². The Hall–Kier alpha value is -2.15. The second-order valence-electron chi connectivity index (χ2n) is 3.98. The van der Waals surface area contributed by atoms with E-state index >= 15 is 0 Å². The van der Waals surface area contributed by atoms with Crippen LogP contribution in [0.2, 0.25) is 0 Å². The van der Waals surface area contributed by atoms with Gasteiger partial charge in [-0.1, -0.05) is 0 Å². The molecule has 0 bridgehead atoms. The summed E-state index contributed by atoms with van der Waals surface area (Å²) in [6, 6.07) is 3.08. The Morgan fingerprint density at radius 3 is 2.78 bits per heavy atom. The summed E-state index contributed by atoms with van der Waals surface area (Å²) in [7, 11) is 0. The smallest absolute Gasteiger partial charge is 0.251 e. The van der Waals surface area contributed by atoms with Gasteiger partial charge in [0.25, 0.3) is 5.91 Å². The minimum absolute atomic E-state index is 0.0448. The Balaban J connectivity index is 2.52. The highest BCUT2D eigenvalue weighted by Gasteiger charge is 2.09. The molecule has 0 aromatic carbocycles. The molecule has 18 heavy (non-hydrogen) atoms. The summed E-state index contributed by atoms with van der Waals surface area (Å²) in [5.74, 6) is 4.99. The monoisotopic (exact) mass is 251 g/mol. The molecule has 0 spiro atoms. The number of rotatable bonds is 5. The summed E-state index contributed by atoms with van der Waals surface area (Å²) in [6.45, 7) is 3.63. The zero-order valence-corrected chi connectivity index (χ0v) is 10.4. The molecule has 7 heteroatoms. The molecule has 2 amide bonds. The number of anilines is 1. The maximum Gasteiger partial charge on any atom is 0.251 e. The number of hydrogen-bond donors (Lipinski definition) is 4. The molecule has 7 nitrogen and oxygen atoms in total. The largest absolute Gasteiger partial charge is 0.352 e. The number of hydrazine groups is 1. The van der Waals surface area contributed by atoms with Gasteiger partial charge in [-0.15, -0.1) is 0 Å². The number of nitrogens with one attached hydrogen (secondary N) is 3. The van der Waals surface area contributed by atoms with Gasteiger partial charge in [-0.2, -0.15) is 0 Å². The van der Waals surface area contributed by atoms with Crippen LogP contribution in [0.4, 0.5) is 5.82 Å². The van der Waals surface area contributed by atoms with Crippen LogP contribution in [-0.2, 0) is 4.79 Å². The van der Waals surface area contributed by atoms with Gasteiger partial charge in [0.05, 0.1) is 6.54 Å². The van der Waals surface area contributed by atoms with Crippen LogP contribution >= 0.6 is 0 Å². The van der Waals surface area contributed by atoms with Gasteiger partial charge in [0.1, 0.15) is 5.82 Å². The van der Waals surface area contributed by atoms with E-state index in [1.54, 1.807) is 0 Å². The molecule has 1 aromatic heterocycles. The second kappa shape index (κ2) is 6.55. The van der Waals surface area contributed by atoms with Crippen molar-refractivity contribution < 1.29 is 9.59 Å². The van der Waals surface area contributed by atoms with E-state index in [1.165, 1.54) is 18.3 Å². The quantitative estimate of drug-likeness (QED) is 0.421. The fourth-order valence-corrected chi connectivity index (χ4v) is 1.29. The molecule has 1 aromatic rings. The predicted molar refractivity (Wildman–Crippen MR) is 67.7 cm³/mol. The van der Waals surface area contributed by atoms with Gasteiger partial charge >= 0.3 is 0 Å². The third-order valence-electron chi connectivity index (χ3n) is 2.03. The predicted octanol–water partition coefficient (Wildman–Crippen LogP) is -0.378. The van der Waals surface area contributed by atoms with Crippen LogP contribution in [0.15, 0.2) is 18.3 Å². The second-order valence-corrected chi connectivity index (χ2v) is 3.98. The maximum absolute atomic E-state index is 11.7. The van der Waals surface area contributed by atoms with Crippen LogP contribution in [0.25, 0.3) is 0 Å². The van der Waals surface area contributed by atoms with E-state index in [0.717, 1.165) is 0 Å². The van der Waals surface area contributed by atoms with Crippen LogP contribution in [0, 0.1) is 0 Å². The van der Waals surface area contributed by atoms with Crippen molar-refractivity contribution in [3.05, 3.63) is 23.9 Å². The number of carbonyl (C=O) groups excluding carboxylic acids is 2. The van der Waals surface area contributed by atoms with E-state index in [9.17, 15) is 9.59 Å². The summed E-state index contributed by atoms with van der Waals surface area (Å²) in [5, 5.41) is 5.18. The van der Waals surface area contributed by atoms with Gasteiger partial charge in [0.15, 0.2) is 0 Å². The standard InChI is InChI=1S/C11H17N5O2/c1-7(2)15-10(17)6-14-11(18)8-3-4-13-9(5-8)16-12/h3-5,7H,6,12H2,1-2H3,(H,13,16)(H,14,18)(H,15,17). The number of aromatic nitrogens is 1. The molecule has 0 fully saturated rings. The Kier molecular flexibility index (Phi) is 5.06. The first-order valence-corrected chi connectivity index (χ1v) is 5.53. The highest BCUT2D eigenvalue weighted by atomic mass is 16.2. The number of hydrogen-bond acceptors (Lipinski definition) is 5. The van der Waals surface area contributed by atoms with E-state index in [0.29, 0.717) is 11.4 Å². The van der Waals surface area contributed by atoms with E-state index in [1.807, 2.05) is 13.8 Å². The summed E-state index contributed by atoms with van der Waals surface area (Å²) >= 11 is 0. The Morgan fingerprint density at radius 2 is 2.17 bits per heavy atom. The van der Waals surface area contributed by atoms with Gasteiger partial charge in [-0.05, 0) is 26.0 Å². The summed E-state index contributed by atoms with van der Waals surface area (Å²) < 4.78 is 0. The number of pyridine rings is 1. The molecule has 0 aliphatic heterocycles. The average Bonchev–Trinajstić information content (AvgIpc) is 2.35. The molecule has 0 radical (unpaired) electrons. The van der Waals surface area contributed by atoms with E-state index < -0.39 is 0 Å². The number of nitrogen functional groups attached to an aromatic ring is 1. The van der Waals surface area contributed by atoms with Crippen molar-refractivity contribution >= 4 is 17.6 Å². The fraction of sp³-hybridized carbons (Fsp3) is 0.364. The van der Waals surface area contributed by atoms with E-state index in [2.05, 4.69) is 21.0 Å². The molecular formula is C11H17N5O2. The Bertz CT molecular complexity index is 433. The van der Waals surface area contributed by atoms with Crippen molar-refractivity contribution in [1.82, 2.24) is 15.6 Å². The molecule has 5 N–H and O–H groups in total. The van der Waals surface area contributed by atoms with Crippen molar-refractivity contribution in [2.75, 3.05) is 12.0 Å². The van der Waals surface area contributed by atoms with Crippen LogP contribution in [0.1, 0.15) is 24.2 Å². The molecule has 0 saturated heterocycles. The summed E-state index contributed by atoms with van der Waals surface area (Å²) in [4.78, 5) is 26.9. The number of nitrogens with zero attached hydrogens (tertiary/aromatic N) is 1. The number of nitrogens with two attached hydrogens (primary N) is 1. The van der Waals surface area contributed by atoms with Crippen molar-refractivity contribution in [3.63, 3.8) is 0 Å². The molecule has 0 aliphatic rings. The van der Waals surface area contributed by atoms with Gasteiger partial charge in [-0.3, -0.25) is 9.59 Å². The van der Waals surface area contributed by atoms with Crippen molar-refractivity contribution in [3.8, 4) is 0 Å². The lowest BCUT2D eigenvalue weighted by Crippen LogP contribution is -2.39. The fourth-order valence-electron chi connectivity index (χ4n) is 1.29. The molecule has 0 saturated carbocycles. The average molecular weight is 251 g/mol. The van der Waals surface area contributed by atoms with Crippen LogP contribution in [-0.4, -0.2) is 29.4 Å². The van der Waals surface area contributed by atoms with Gasteiger partial charge in [0.2, 0.25) is 5.91 Å². The van der Waals surface area contributed by atoms with Gasteiger partial charge in [0, 0.05) is 17.8 Å². The molecular weight excluding hydrogens is 234 g/mol. The Labute approximate surface area is 105 Å². The third kappa shape index (κ3) is 4.38. The summed E-state index contributed by atoms with van der Waals surface area (Å²) in [5.41, 5.74) is 2.73. The normalized spacial score (nSPS) is 10.0. The first-order valence-electron chi connectivity index (χ1n) is 5.53. The molecule has 0 aliphatic carbocycles. The topological polar surface area (TPSA) is 109 Å². The van der Waals surface area contributed by atoms with Crippen molar-refractivity contribution in [2.24, 2.45) is 5.84 Å². The van der Waals surface area contributed by atoms with E-state index in [4.69, 9.17) is 5.84 Å². The number of carbonyl (C=O) groups is 2. The minimum atomic E-state index is -0.354. The molecule has 98 valence electrons.